The summed E-state index contributed by atoms with van der Waals surface area (Å²) in [6, 6.07) is 7.96. The number of nitrogen functional groups attached to an aromatic ring is 1. The molecule has 0 saturated heterocycles. The van der Waals surface area contributed by atoms with E-state index >= 15 is 0 Å². The van der Waals surface area contributed by atoms with Gasteiger partial charge in [-0.1, -0.05) is 39.7 Å². The van der Waals surface area contributed by atoms with E-state index in [-0.39, 0.29) is 5.82 Å². The highest BCUT2D eigenvalue weighted by Gasteiger charge is 2.12. The Morgan fingerprint density at radius 2 is 2.17 bits per heavy atom. The Morgan fingerprint density at radius 1 is 1.35 bits per heavy atom. The zero-order valence-corrected chi connectivity index (χ0v) is 14.6. The average Bonchev–Trinajstić information content (AvgIpc) is 2.89. The maximum absolute atomic E-state index is 6.26. The number of nitrogens with one attached hydrogen (secondary N) is 1. The zero-order chi connectivity index (χ0) is 16.4. The van der Waals surface area contributed by atoms with Crippen LogP contribution in [0, 0.1) is 0 Å². The summed E-state index contributed by atoms with van der Waals surface area (Å²) in [4.78, 5) is 8.65. The van der Waals surface area contributed by atoms with Crippen molar-refractivity contribution in [3.05, 3.63) is 57.4 Å². The SMILES string of the molecule is Cn1cc(Nc2nc(N)c(Cl)c(Cc3cccc(Br)c3)n2)cn1. The molecule has 0 spiro atoms. The van der Waals surface area contributed by atoms with Crippen LogP contribution in [0.3, 0.4) is 0 Å². The molecule has 0 aliphatic rings. The van der Waals surface area contributed by atoms with E-state index < -0.39 is 0 Å². The van der Waals surface area contributed by atoms with Gasteiger partial charge in [0.1, 0.15) is 10.8 Å². The summed E-state index contributed by atoms with van der Waals surface area (Å²) in [7, 11) is 1.83. The van der Waals surface area contributed by atoms with Gasteiger partial charge in [0.25, 0.3) is 0 Å². The van der Waals surface area contributed by atoms with Gasteiger partial charge in [0.2, 0.25) is 5.95 Å². The second-order valence-electron chi connectivity index (χ2n) is 5.03. The number of benzene rings is 1. The highest BCUT2D eigenvalue weighted by molar-refractivity contribution is 9.10. The largest absolute Gasteiger partial charge is 0.382 e. The maximum atomic E-state index is 6.26. The Hall–Kier alpha value is -2.12. The predicted molar refractivity (Wildman–Crippen MR) is 94.9 cm³/mol. The molecule has 2 aromatic heterocycles. The first-order valence-corrected chi connectivity index (χ1v) is 8.00. The molecule has 0 amide bonds. The van der Waals surface area contributed by atoms with Gasteiger partial charge in [-0.2, -0.15) is 10.1 Å². The molecule has 3 N–H and O–H groups in total. The first-order valence-electron chi connectivity index (χ1n) is 6.83. The lowest BCUT2D eigenvalue weighted by molar-refractivity contribution is 0.768. The number of hydrogen-bond acceptors (Lipinski definition) is 5. The molecule has 0 unspecified atom stereocenters. The Labute approximate surface area is 146 Å². The Kier molecular flexibility index (Phi) is 4.49. The summed E-state index contributed by atoms with van der Waals surface area (Å²) in [5.74, 6) is 0.642. The molecule has 0 radical (unpaired) electrons. The monoisotopic (exact) mass is 392 g/mol. The van der Waals surface area contributed by atoms with Crippen molar-refractivity contribution in [2.45, 2.75) is 6.42 Å². The summed E-state index contributed by atoms with van der Waals surface area (Å²) < 4.78 is 2.69. The van der Waals surface area contributed by atoms with Gasteiger partial charge in [0.05, 0.1) is 17.6 Å². The Balaban J connectivity index is 1.90. The number of aryl methyl sites for hydroxylation is 1. The number of nitrogens with two attached hydrogens (primary N) is 1. The van der Waals surface area contributed by atoms with Crippen LogP contribution in [0.2, 0.25) is 5.02 Å². The van der Waals surface area contributed by atoms with E-state index in [1.54, 1.807) is 10.9 Å². The van der Waals surface area contributed by atoms with Gasteiger partial charge in [-0.05, 0) is 17.7 Å². The van der Waals surface area contributed by atoms with Crippen molar-refractivity contribution >= 4 is 45.0 Å². The number of rotatable bonds is 4. The minimum atomic E-state index is 0.248. The van der Waals surface area contributed by atoms with Crippen molar-refractivity contribution in [1.29, 1.82) is 0 Å². The number of halogens is 2. The highest BCUT2D eigenvalue weighted by Crippen LogP contribution is 2.26. The van der Waals surface area contributed by atoms with Gasteiger partial charge in [0.15, 0.2) is 0 Å². The molecule has 0 saturated carbocycles. The maximum Gasteiger partial charge on any atom is 0.229 e. The first kappa shape index (κ1) is 15.8. The molecule has 0 atom stereocenters. The van der Waals surface area contributed by atoms with Crippen molar-refractivity contribution in [3.63, 3.8) is 0 Å². The molecule has 0 bridgehead atoms. The standard InChI is InChI=1S/C15H14BrClN6/c1-23-8-11(7-19-23)20-15-21-12(13(17)14(18)22-15)6-9-3-2-4-10(16)5-9/h2-5,7-8H,6H2,1H3,(H3,18,20,21,22). The molecule has 3 rings (SSSR count). The lowest BCUT2D eigenvalue weighted by Crippen LogP contribution is -2.05. The number of nitrogens with zero attached hydrogens (tertiary/aromatic N) is 4. The second-order valence-corrected chi connectivity index (χ2v) is 6.32. The highest BCUT2D eigenvalue weighted by atomic mass is 79.9. The second kappa shape index (κ2) is 6.55. The van der Waals surface area contributed by atoms with Gasteiger partial charge in [-0.15, -0.1) is 0 Å². The van der Waals surface area contributed by atoms with E-state index in [9.17, 15) is 0 Å². The quantitative estimate of drug-likeness (QED) is 0.708. The third kappa shape index (κ3) is 3.80. The molecule has 1 aromatic carbocycles. The average molecular weight is 394 g/mol. The van der Waals surface area contributed by atoms with Crippen molar-refractivity contribution in [3.8, 4) is 0 Å². The third-order valence-corrected chi connectivity index (χ3v) is 4.07. The summed E-state index contributed by atoms with van der Waals surface area (Å²) in [5, 5.41) is 7.54. The molecule has 8 heteroatoms. The summed E-state index contributed by atoms with van der Waals surface area (Å²) in [5.41, 5.74) is 8.44. The molecule has 0 aliphatic carbocycles. The minimum absolute atomic E-state index is 0.248. The predicted octanol–water partition coefficient (Wildman–Crippen LogP) is 3.54. The van der Waals surface area contributed by atoms with Gasteiger partial charge in [-0.25, -0.2) is 4.98 Å². The number of anilines is 3. The molecule has 0 aliphatic heterocycles. The molecular formula is C15H14BrClN6. The lowest BCUT2D eigenvalue weighted by Gasteiger charge is -2.09. The van der Waals surface area contributed by atoms with Gasteiger partial charge in [0, 0.05) is 24.1 Å². The fourth-order valence-electron chi connectivity index (χ4n) is 2.14. The van der Waals surface area contributed by atoms with Crippen molar-refractivity contribution < 1.29 is 0 Å². The Morgan fingerprint density at radius 3 is 2.87 bits per heavy atom. The molecular weight excluding hydrogens is 380 g/mol. The van der Waals surface area contributed by atoms with Crippen LogP contribution in [0.5, 0.6) is 0 Å². The van der Waals surface area contributed by atoms with Crippen LogP contribution >= 0.6 is 27.5 Å². The molecule has 2 heterocycles. The van der Waals surface area contributed by atoms with Crippen LogP contribution in [0.15, 0.2) is 41.1 Å². The normalized spacial score (nSPS) is 10.7. The van der Waals surface area contributed by atoms with Gasteiger partial charge < -0.3 is 11.1 Å². The lowest BCUT2D eigenvalue weighted by atomic mass is 10.1. The van der Waals surface area contributed by atoms with Crippen molar-refractivity contribution in [1.82, 2.24) is 19.7 Å². The van der Waals surface area contributed by atoms with E-state index in [1.165, 1.54) is 0 Å². The molecule has 3 aromatic rings. The van der Waals surface area contributed by atoms with Crippen LogP contribution in [-0.4, -0.2) is 19.7 Å². The number of aromatic nitrogens is 4. The van der Waals surface area contributed by atoms with E-state index in [2.05, 4.69) is 36.3 Å². The molecule has 0 fully saturated rings. The van der Waals surface area contributed by atoms with E-state index in [0.717, 1.165) is 15.7 Å². The molecule has 23 heavy (non-hydrogen) atoms. The van der Waals surface area contributed by atoms with Crippen LogP contribution in [-0.2, 0) is 13.5 Å². The van der Waals surface area contributed by atoms with E-state index in [0.29, 0.717) is 23.1 Å². The number of hydrogen-bond donors (Lipinski definition) is 2. The smallest absolute Gasteiger partial charge is 0.229 e. The van der Waals surface area contributed by atoms with Crippen LogP contribution in [0.25, 0.3) is 0 Å². The van der Waals surface area contributed by atoms with Crippen LogP contribution in [0.4, 0.5) is 17.5 Å². The van der Waals surface area contributed by atoms with Crippen LogP contribution < -0.4 is 11.1 Å². The van der Waals surface area contributed by atoms with Crippen LogP contribution in [0.1, 0.15) is 11.3 Å². The van der Waals surface area contributed by atoms with E-state index in [1.807, 2.05) is 37.5 Å². The third-order valence-electron chi connectivity index (χ3n) is 3.17. The van der Waals surface area contributed by atoms with Crippen molar-refractivity contribution in [2.75, 3.05) is 11.1 Å². The summed E-state index contributed by atoms with van der Waals surface area (Å²) >= 11 is 9.71. The van der Waals surface area contributed by atoms with Crippen molar-refractivity contribution in [2.24, 2.45) is 7.05 Å². The minimum Gasteiger partial charge on any atom is -0.382 e. The molecule has 118 valence electrons. The zero-order valence-electron chi connectivity index (χ0n) is 12.3. The Bertz CT molecular complexity index is 848. The first-order chi connectivity index (χ1) is 11.0. The molecule has 6 nitrogen and oxygen atoms in total. The van der Waals surface area contributed by atoms with Gasteiger partial charge >= 0.3 is 0 Å². The summed E-state index contributed by atoms with van der Waals surface area (Å²) in [6.45, 7) is 0. The van der Waals surface area contributed by atoms with Gasteiger partial charge in [-0.3, -0.25) is 4.68 Å². The topological polar surface area (TPSA) is 81.7 Å². The van der Waals surface area contributed by atoms with E-state index in [4.69, 9.17) is 17.3 Å². The fraction of sp³-hybridized carbons (Fsp3) is 0.133. The fourth-order valence-corrected chi connectivity index (χ4v) is 2.74. The summed E-state index contributed by atoms with van der Waals surface area (Å²) in [6.07, 6.45) is 4.07.